The molecule has 0 spiro atoms. The van der Waals surface area contributed by atoms with E-state index in [1.54, 1.807) is 44.2 Å². The zero-order valence-corrected chi connectivity index (χ0v) is 24.7. The zero-order chi connectivity index (χ0) is 28.9. The molecule has 0 aromatic heterocycles. The van der Waals surface area contributed by atoms with Crippen LogP contribution in [0.15, 0.2) is 77.7 Å². The number of nitrogens with one attached hydrogen (secondary N) is 1. The third-order valence-electron chi connectivity index (χ3n) is 7.46. The summed E-state index contributed by atoms with van der Waals surface area (Å²) < 4.78 is 29.1. The maximum Gasteiger partial charge on any atom is 0.264 e. The van der Waals surface area contributed by atoms with Gasteiger partial charge in [-0.1, -0.05) is 78.5 Å². The first-order chi connectivity index (χ1) is 19.1. The first-order valence-corrected chi connectivity index (χ1v) is 15.4. The highest BCUT2D eigenvalue weighted by Gasteiger charge is 2.34. The van der Waals surface area contributed by atoms with Crippen molar-refractivity contribution in [3.05, 3.63) is 94.5 Å². The average Bonchev–Trinajstić information content (AvgIpc) is 3.45. The van der Waals surface area contributed by atoms with E-state index >= 15 is 0 Å². The van der Waals surface area contributed by atoms with E-state index in [1.807, 2.05) is 37.3 Å². The molecule has 1 aliphatic rings. The third-order valence-corrected chi connectivity index (χ3v) is 9.64. The molecule has 4 rings (SSSR count). The molecule has 0 bridgehead atoms. The minimum atomic E-state index is -4.15. The molecule has 9 heteroatoms. The van der Waals surface area contributed by atoms with E-state index in [-0.39, 0.29) is 23.4 Å². The Morgan fingerprint density at radius 2 is 1.60 bits per heavy atom. The normalized spacial score (nSPS) is 14.5. The highest BCUT2D eigenvalue weighted by atomic mass is 35.5. The van der Waals surface area contributed by atoms with Gasteiger partial charge in [0.05, 0.1) is 10.6 Å². The van der Waals surface area contributed by atoms with Gasteiger partial charge in [-0.2, -0.15) is 0 Å². The second kappa shape index (κ2) is 12.9. The molecule has 3 aromatic rings. The number of amides is 2. The van der Waals surface area contributed by atoms with Crippen LogP contribution in [0, 0.1) is 13.8 Å². The van der Waals surface area contributed by atoms with Crippen molar-refractivity contribution in [2.75, 3.05) is 10.8 Å². The van der Waals surface area contributed by atoms with Crippen LogP contribution in [0.4, 0.5) is 5.69 Å². The second-order valence-electron chi connectivity index (χ2n) is 10.4. The van der Waals surface area contributed by atoms with Gasteiger partial charge in [0.2, 0.25) is 11.8 Å². The molecular weight excluding hydrogens is 546 g/mol. The van der Waals surface area contributed by atoms with Crippen molar-refractivity contribution in [3.8, 4) is 0 Å². The summed E-state index contributed by atoms with van der Waals surface area (Å²) in [5, 5.41) is 3.47. The minimum absolute atomic E-state index is 0.0620. The Balaban J connectivity index is 1.71. The van der Waals surface area contributed by atoms with Gasteiger partial charge in [0, 0.05) is 17.6 Å². The molecule has 3 aromatic carbocycles. The topological polar surface area (TPSA) is 86.8 Å². The van der Waals surface area contributed by atoms with Crippen LogP contribution in [0.1, 0.15) is 49.3 Å². The third kappa shape index (κ3) is 6.85. The fourth-order valence-corrected chi connectivity index (χ4v) is 6.61. The Hall–Kier alpha value is -3.36. The number of hydrogen-bond donors (Lipinski definition) is 1. The number of benzene rings is 3. The average molecular weight is 582 g/mol. The van der Waals surface area contributed by atoms with Crippen LogP contribution >= 0.6 is 11.6 Å². The van der Waals surface area contributed by atoms with Crippen LogP contribution in [0.3, 0.4) is 0 Å². The van der Waals surface area contributed by atoms with Gasteiger partial charge in [-0.15, -0.1) is 0 Å². The van der Waals surface area contributed by atoms with Gasteiger partial charge in [0.25, 0.3) is 10.0 Å². The van der Waals surface area contributed by atoms with Gasteiger partial charge < -0.3 is 10.2 Å². The van der Waals surface area contributed by atoms with Crippen molar-refractivity contribution >= 4 is 39.1 Å². The number of sulfonamides is 1. The second-order valence-corrected chi connectivity index (χ2v) is 12.7. The number of carbonyl (C=O) groups is 2. The van der Waals surface area contributed by atoms with Crippen LogP contribution in [0.25, 0.3) is 0 Å². The Morgan fingerprint density at radius 3 is 2.25 bits per heavy atom. The molecule has 1 fully saturated rings. The smallest absolute Gasteiger partial charge is 0.264 e. The minimum Gasteiger partial charge on any atom is -0.352 e. The monoisotopic (exact) mass is 581 g/mol. The molecule has 1 saturated carbocycles. The molecule has 40 heavy (non-hydrogen) atoms. The summed E-state index contributed by atoms with van der Waals surface area (Å²) in [6.07, 6.45) is 3.97. The van der Waals surface area contributed by atoms with E-state index in [2.05, 4.69) is 5.32 Å². The van der Waals surface area contributed by atoms with Crippen molar-refractivity contribution in [1.29, 1.82) is 0 Å². The number of carbonyl (C=O) groups excluding carboxylic acids is 2. The number of rotatable bonds is 10. The van der Waals surface area contributed by atoms with Crippen LogP contribution in [0.5, 0.6) is 0 Å². The molecule has 1 unspecified atom stereocenters. The van der Waals surface area contributed by atoms with Crippen molar-refractivity contribution in [2.24, 2.45) is 0 Å². The van der Waals surface area contributed by atoms with Gasteiger partial charge in [0.1, 0.15) is 12.6 Å². The van der Waals surface area contributed by atoms with Crippen LogP contribution < -0.4 is 9.62 Å². The first kappa shape index (κ1) is 29.6. The summed E-state index contributed by atoms with van der Waals surface area (Å²) in [4.78, 5) is 28.9. The van der Waals surface area contributed by atoms with Crippen LogP contribution in [-0.2, 0) is 26.2 Å². The number of halogens is 1. The lowest BCUT2D eigenvalue weighted by Gasteiger charge is -2.33. The number of aryl methyl sites for hydroxylation is 1. The maximum absolute atomic E-state index is 14.0. The predicted octanol–water partition coefficient (Wildman–Crippen LogP) is 5.63. The molecule has 2 amide bonds. The molecule has 0 saturated heterocycles. The SMILES string of the molecule is Cc1ccc(S(=O)(=O)N(CC(=O)N(Cc2ccccc2)C(C)C(=O)NC2CCCC2)c2cccc(Cl)c2C)cc1. The highest BCUT2D eigenvalue weighted by molar-refractivity contribution is 7.92. The molecule has 1 atom stereocenters. The van der Waals surface area contributed by atoms with Crippen molar-refractivity contribution < 1.29 is 18.0 Å². The molecule has 0 heterocycles. The molecule has 7 nitrogen and oxygen atoms in total. The Kier molecular flexibility index (Phi) is 9.53. The molecule has 0 radical (unpaired) electrons. The molecule has 1 N–H and O–H groups in total. The van der Waals surface area contributed by atoms with Crippen molar-refractivity contribution in [1.82, 2.24) is 10.2 Å². The maximum atomic E-state index is 14.0. The van der Waals surface area contributed by atoms with Crippen molar-refractivity contribution in [2.45, 2.75) is 70.0 Å². The Labute approximate surface area is 242 Å². The summed E-state index contributed by atoms with van der Waals surface area (Å²) in [6.45, 7) is 4.95. The number of hydrogen-bond acceptors (Lipinski definition) is 4. The summed E-state index contributed by atoms with van der Waals surface area (Å²) in [6, 6.07) is 20.1. The summed E-state index contributed by atoms with van der Waals surface area (Å²) in [5.74, 6) is -0.740. The quantitative estimate of drug-likeness (QED) is 0.336. The largest absolute Gasteiger partial charge is 0.352 e. The lowest BCUT2D eigenvalue weighted by molar-refractivity contribution is -0.139. The fraction of sp³-hybridized carbons (Fsp3) is 0.355. The van der Waals surface area contributed by atoms with Crippen LogP contribution in [-0.4, -0.2) is 43.8 Å². The van der Waals surface area contributed by atoms with Crippen molar-refractivity contribution in [3.63, 3.8) is 0 Å². The van der Waals surface area contributed by atoms with E-state index in [0.29, 0.717) is 16.3 Å². The van der Waals surface area contributed by atoms with E-state index in [9.17, 15) is 18.0 Å². The van der Waals surface area contributed by atoms with Gasteiger partial charge in [0.15, 0.2) is 0 Å². The van der Waals surface area contributed by atoms with E-state index in [0.717, 1.165) is 41.1 Å². The number of nitrogens with zero attached hydrogens (tertiary/aromatic N) is 2. The molecule has 212 valence electrons. The summed E-state index contributed by atoms with van der Waals surface area (Å²) >= 11 is 6.38. The van der Waals surface area contributed by atoms with Crippen LogP contribution in [0.2, 0.25) is 5.02 Å². The number of anilines is 1. The molecular formula is C31H36ClN3O4S. The lowest BCUT2D eigenvalue weighted by Crippen LogP contribution is -2.52. The fourth-order valence-electron chi connectivity index (χ4n) is 4.97. The first-order valence-electron chi connectivity index (χ1n) is 13.6. The lowest BCUT2D eigenvalue weighted by atomic mass is 10.1. The Bertz CT molecular complexity index is 1440. The summed E-state index contributed by atoms with van der Waals surface area (Å²) in [7, 11) is -4.15. The standard InChI is InChI=1S/C31H36ClN3O4S/c1-22-16-18-27(19-17-22)40(38,39)35(29-15-9-14-28(32)23(29)2)21-30(36)34(20-25-10-5-4-6-11-25)24(3)31(37)33-26-12-7-8-13-26/h4-6,9-11,14-19,24,26H,7-8,12-13,20-21H2,1-3H3,(H,33,37). The van der Waals surface area contributed by atoms with E-state index in [4.69, 9.17) is 11.6 Å². The summed E-state index contributed by atoms with van der Waals surface area (Å²) in [5.41, 5.74) is 2.60. The van der Waals surface area contributed by atoms with Gasteiger partial charge >= 0.3 is 0 Å². The highest BCUT2D eigenvalue weighted by Crippen LogP contribution is 2.31. The van der Waals surface area contributed by atoms with E-state index < -0.39 is 28.5 Å². The predicted molar refractivity (Wildman–Crippen MR) is 159 cm³/mol. The van der Waals surface area contributed by atoms with Gasteiger partial charge in [-0.25, -0.2) is 8.42 Å². The Morgan fingerprint density at radius 1 is 0.950 bits per heavy atom. The van der Waals surface area contributed by atoms with Gasteiger partial charge in [-0.3, -0.25) is 13.9 Å². The molecule has 1 aliphatic carbocycles. The molecule has 0 aliphatic heterocycles. The van der Waals surface area contributed by atoms with E-state index in [1.165, 1.54) is 17.0 Å². The van der Waals surface area contributed by atoms with Gasteiger partial charge in [-0.05, 0) is 69.0 Å². The zero-order valence-electron chi connectivity index (χ0n) is 23.1.